The summed E-state index contributed by atoms with van der Waals surface area (Å²) in [5.74, 6) is 0. The fourth-order valence-electron chi connectivity index (χ4n) is 10.3. The van der Waals surface area contributed by atoms with Gasteiger partial charge in [0.25, 0.3) is 0 Å². The molecule has 0 N–H and O–H groups in total. The van der Waals surface area contributed by atoms with E-state index in [1.54, 1.807) is 33.4 Å². The molecule has 4 aliphatic rings. The monoisotopic (exact) mass is 644 g/mol. The van der Waals surface area contributed by atoms with Crippen LogP contribution in [0.3, 0.4) is 0 Å². The third-order valence-corrected chi connectivity index (χ3v) is 46.6. The van der Waals surface area contributed by atoms with Gasteiger partial charge in [-0.1, -0.05) is 0 Å². The third-order valence-electron chi connectivity index (χ3n) is 11.6. The summed E-state index contributed by atoms with van der Waals surface area (Å²) >= 11 is -3.79. The van der Waals surface area contributed by atoms with Gasteiger partial charge in [0, 0.05) is 0 Å². The first-order valence-electron chi connectivity index (χ1n) is 14.9. The van der Waals surface area contributed by atoms with Gasteiger partial charge < -0.3 is 0 Å². The van der Waals surface area contributed by atoms with E-state index in [1.165, 1.54) is 75.3 Å². The Hall–Kier alpha value is -0.400. The Balaban J connectivity index is 0.00000168. The molecule has 0 saturated heterocycles. The second-order valence-electron chi connectivity index (χ2n) is 13.3. The van der Waals surface area contributed by atoms with Crippen LogP contribution in [0.2, 0.25) is 7.25 Å². The van der Waals surface area contributed by atoms with Crippen LogP contribution in [0.15, 0.2) is 47.5 Å². The van der Waals surface area contributed by atoms with E-state index in [-0.39, 0.29) is 24.8 Å². The fourth-order valence-corrected chi connectivity index (χ4v) is 48.4. The molecule has 0 heterocycles. The molecule has 2 saturated carbocycles. The number of hydrogen-bond acceptors (Lipinski definition) is 0. The number of halogens is 2. The summed E-state index contributed by atoms with van der Waals surface area (Å²) in [6.07, 6.45) is 20.1. The zero-order chi connectivity index (χ0) is 25.1. The van der Waals surface area contributed by atoms with E-state index in [0.29, 0.717) is 7.25 Å². The summed E-state index contributed by atoms with van der Waals surface area (Å²) in [4.78, 5) is 0. The average Bonchev–Trinajstić information content (AvgIpc) is 3.43. The number of benzene rings is 2. The van der Waals surface area contributed by atoms with Crippen LogP contribution in [0.1, 0.15) is 119 Å². The molecule has 4 aliphatic carbocycles. The summed E-state index contributed by atoms with van der Waals surface area (Å²) < 4.78 is 3.37. The van der Waals surface area contributed by atoms with Gasteiger partial charge in [0.2, 0.25) is 0 Å². The summed E-state index contributed by atoms with van der Waals surface area (Å²) in [6, 6.07) is 14.6. The van der Waals surface area contributed by atoms with Gasteiger partial charge in [-0.15, -0.1) is 24.8 Å². The average molecular weight is 647 g/mol. The molecule has 0 bridgehead atoms. The smallest absolute Gasteiger partial charge is 0.147 e. The predicted octanol–water partition coefficient (Wildman–Crippen LogP) is 10.5. The first kappa shape index (κ1) is 30.6. The zero-order valence-electron chi connectivity index (χ0n) is 24.0. The Bertz CT molecular complexity index is 1220. The minimum Gasteiger partial charge on any atom is -0.147 e. The predicted molar refractivity (Wildman–Crippen MR) is 172 cm³/mol. The van der Waals surface area contributed by atoms with Crippen LogP contribution in [0.5, 0.6) is 0 Å². The largest absolute Gasteiger partial charge is 0.147 e. The third kappa shape index (κ3) is 4.30. The van der Waals surface area contributed by atoms with Gasteiger partial charge in [-0.25, -0.2) is 0 Å². The van der Waals surface area contributed by atoms with Gasteiger partial charge >= 0.3 is 224 Å². The van der Waals surface area contributed by atoms with Crippen molar-refractivity contribution in [2.24, 2.45) is 0 Å². The van der Waals surface area contributed by atoms with Gasteiger partial charge in [-0.2, -0.15) is 0 Å². The quantitative estimate of drug-likeness (QED) is 0.290. The molecule has 206 valence electrons. The molecule has 4 heteroatoms. The van der Waals surface area contributed by atoms with Crippen LogP contribution in [0.25, 0.3) is 12.2 Å². The molecule has 0 amide bonds. The van der Waals surface area contributed by atoms with Gasteiger partial charge in [0.05, 0.1) is 0 Å². The summed E-state index contributed by atoms with van der Waals surface area (Å²) in [5, 5.41) is 0. The summed E-state index contributed by atoms with van der Waals surface area (Å²) in [7, 11) is 0. The standard InChI is InChI=1S/2C11H11.2C6H11.2ClH.H2Si.Zr/c2*1-8-6-10-5-3-4-9(2)11(10)7-8;2*1-2-4-6-5-3-1;;;;/h2*3-7H,1-2H3;2*1H,2-6H2;2*1H;1H2;. The van der Waals surface area contributed by atoms with E-state index < -0.39 is 17.4 Å². The summed E-state index contributed by atoms with van der Waals surface area (Å²) in [5.41, 5.74) is 13.1. The molecule has 0 nitrogen and oxygen atoms in total. The first-order chi connectivity index (χ1) is 17.4. The van der Waals surface area contributed by atoms with E-state index in [1.807, 2.05) is 0 Å². The Morgan fingerprint density at radius 1 is 0.579 bits per heavy atom. The van der Waals surface area contributed by atoms with Gasteiger partial charge in [0.1, 0.15) is 0 Å². The Morgan fingerprint density at radius 3 is 1.32 bits per heavy atom. The molecule has 38 heavy (non-hydrogen) atoms. The zero-order valence-corrected chi connectivity index (χ0v) is 29.5. The summed E-state index contributed by atoms with van der Waals surface area (Å²) in [6.45, 7) is 12.5. The Morgan fingerprint density at radius 2 is 0.947 bits per heavy atom. The van der Waals surface area contributed by atoms with Crippen molar-refractivity contribution in [3.63, 3.8) is 0 Å². The SMILES string of the molecule is CC1=Cc2c(C)cccc2[CH]1[Zr](=[SiH2])([CH]1CCCCC1)([CH]1CCCCC1)[CH]1C(C)=Cc2c(C)cccc21.Cl.Cl. The van der Waals surface area contributed by atoms with Crippen molar-refractivity contribution in [3.05, 3.63) is 80.9 Å². The van der Waals surface area contributed by atoms with E-state index in [0.717, 1.165) is 7.25 Å². The molecule has 0 radical (unpaired) electrons. The van der Waals surface area contributed by atoms with Crippen molar-refractivity contribution in [1.82, 2.24) is 0 Å². The van der Waals surface area contributed by atoms with Crippen LogP contribution in [-0.2, 0) is 17.4 Å². The molecule has 0 aliphatic heterocycles. The van der Waals surface area contributed by atoms with Crippen molar-refractivity contribution < 1.29 is 17.4 Å². The van der Waals surface area contributed by atoms with E-state index in [2.05, 4.69) is 83.1 Å². The minimum absolute atomic E-state index is 0. The molecule has 0 aromatic heterocycles. The molecule has 2 aromatic carbocycles. The maximum absolute atomic E-state index is 3.79. The Labute approximate surface area is 246 Å². The number of hydrogen-bond donors (Lipinski definition) is 0. The van der Waals surface area contributed by atoms with E-state index >= 15 is 0 Å². The molecule has 2 fully saturated rings. The molecule has 2 atom stereocenters. The van der Waals surface area contributed by atoms with Crippen molar-refractivity contribution in [2.45, 2.75) is 106 Å². The van der Waals surface area contributed by atoms with Crippen LogP contribution < -0.4 is 0 Å². The molecular formula is C34H48Cl2SiZr. The topological polar surface area (TPSA) is 0 Å². The van der Waals surface area contributed by atoms with Gasteiger partial charge in [-0.05, 0) is 0 Å². The fraction of sp³-hybridized carbons (Fsp3) is 0.529. The normalized spacial score (nSPS) is 24.0. The Kier molecular flexibility index (Phi) is 9.22. The molecule has 6 rings (SSSR count). The second kappa shape index (κ2) is 11.5. The molecular weight excluding hydrogens is 599 g/mol. The number of fused-ring (bicyclic) bond motifs is 2. The van der Waals surface area contributed by atoms with Crippen molar-refractivity contribution in [1.29, 1.82) is 0 Å². The van der Waals surface area contributed by atoms with Crippen molar-refractivity contribution >= 4 is 43.8 Å². The number of allylic oxidation sites excluding steroid dienone is 2. The minimum atomic E-state index is -3.79. The maximum Gasteiger partial charge on any atom is -0.147 e. The van der Waals surface area contributed by atoms with Crippen LogP contribution in [-0.4, -0.2) is 6.88 Å². The van der Waals surface area contributed by atoms with Crippen LogP contribution >= 0.6 is 24.8 Å². The number of rotatable bonds is 4. The molecule has 0 spiro atoms. The first-order valence-corrected chi connectivity index (χ1v) is 26.5. The van der Waals surface area contributed by atoms with Gasteiger partial charge in [-0.3, -0.25) is 0 Å². The van der Waals surface area contributed by atoms with E-state index in [9.17, 15) is 0 Å². The molecule has 2 unspecified atom stereocenters. The number of aryl methyl sites for hydroxylation is 2. The second-order valence-corrected chi connectivity index (χ2v) is 38.7. The van der Waals surface area contributed by atoms with E-state index in [4.69, 9.17) is 0 Å². The van der Waals surface area contributed by atoms with Crippen LogP contribution in [0.4, 0.5) is 0 Å². The van der Waals surface area contributed by atoms with Crippen molar-refractivity contribution in [2.75, 3.05) is 0 Å². The maximum atomic E-state index is 2.75. The van der Waals surface area contributed by atoms with Crippen LogP contribution in [0, 0.1) is 13.8 Å². The van der Waals surface area contributed by atoms with Gasteiger partial charge in [0.15, 0.2) is 0 Å². The van der Waals surface area contributed by atoms with Crippen molar-refractivity contribution in [3.8, 4) is 0 Å². The molecule has 2 aromatic rings.